The number of unbranched alkanes of at least 4 members (excludes halogenated alkanes) is 44. The molecule has 0 aliphatic carbocycles. The number of aliphatic hydroxyl groups is 1. The zero-order chi connectivity index (χ0) is 72.3. The van der Waals surface area contributed by atoms with E-state index in [4.69, 9.17) is 37.0 Å². The van der Waals surface area contributed by atoms with Crippen molar-refractivity contribution in [3.8, 4) is 0 Å². The number of phosphoric acid groups is 2. The number of phosphoric ester groups is 2. The Morgan fingerprint density at radius 2 is 0.520 bits per heavy atom. The number of ether oxygens (including phenoxy) is 4. The van der Waals surface area contributed by atoms with Crippen LogP contribution in [-0.2, 0) is 65.4 Å². The number of carbonyl (C=O) groups excluding carboxylic acids is 4. The van der Waals surface area contributed by atoms with Crippen LogP contribution < -0.4 is 0 Å². The maximum atomic E-state index is 13.1. The summed E-state index contributed by atoms with van der Waals surface area (Å²) in [4.78, 5) is 73.0. The molecule has 0 bridgehead atoms. The summed E-state index contributed by atoms with van der Waals surface area (Å²) in [6.45, 7) is 11.9. The number of aliphatic hydroxyl groups excluding tert-OH is 1. The van der Waals surface area contributed by atoms with Gasteiger partial charge in [0, 0.05) is 25.7 Å². The van der Waals surface area contributed by atoms with Gasteiger partial charge in [0.05, 0.1) is 26.4 Å². The molecule has 17 nitrogen and oxygen atoms in total. The molecule has 0 aromatic rings. The normalized spacial score (nSPS) is 14.3. The number of hydrogen-bond donors (Lipinski definition) is 3. The monoisotopic (exact) mass is 1440 g/mol. The van der Waals surface area contributed by atoms with Crippen molar-refractivity contribution in [2.24, 2.45) is 17.8 Å². The molecule has 0 fully saturated rings. The van der Waals surface area contributed by atoms with Crippen LogP contribution >= 0.6 is 15.6 Å². The summed E-state index contributed by atoms with van der Waals surface area (Å²) in [6, 6.07) is 0. The fraction of sp³-hybridized carbons (Fsp3) is 0.949. The van der Waals surface area contributed by atoms with Crippen LogP contribution in [0.1, 0.15) is 408 Å². The van der Waals surface area contributed by atoms with Crippen molar-refractivity contribution in [1.29, 1.82) is 0 Å². The summed E-state index contributed by atoms with van der Waals surface area (Å²) < 4.78 is 68.7. The van der Waals surface area contributed by atoms with E-state index in [1.54, 1.807) is 0 Å². The van der Waals surface area contributed by atoms with Crippen molar-refractivity contribution < 1.29 is 80.2 Å². The third-order valence-electron chi connectivity index (χ3n) is 18.7. The van der Waals surface area contributed by atoms with Crippen LogP contribution in [0.3, 0.4) is 0 Å². The molecule has 582 valence electrons. The van der Waals surface area contributed by atoms with Gasteiger partial charge >= 0.3 is 39.5 Å². The molecule has 0 rings (SSSR count). The summed E-state index contributed by atoms with van der Waals surface area (Å²) in [5.74, 6) is 0.195. The lowest BCUT2D eigenvalue weighted by atomic mass is 10.00. The maximum Gasteiger partial charge on any atom is 0.472 e. The Morgan fingerprint density at radius 1 is 0.296 bits per heavy atom. The van der Waals surface area contributed by atoms with Crippen molar-refractivity contribution in [2.45, 2.75) is 426 Å². The molecular weight excluding hydrogens is 1280 g/mol. The summed E-state index contributed by atoms with van der Waals surface area (Å²) in [6.07, 6.45) is 56.8. The van der Waals surface area contributed by atoms with Crippen LogP contribution in [0, 0.1) is 17.8 Å². The van der Waals surface area contributed by atoms with Gasteiger partial charge in [0.1, 0.15) is 19.3 Å². The first-order chi connectivity index (χ1) is 47.3. The van der Waals surface area contributed by atoms with Gasteiger partial charge in [0.15, 0.2) is 12.2 Å². The Labute approximate surface area is 600 Å². The molecule has 0 saturated carbocycles. The second-order valence-corrected chi connectivity index (χ2v) is 32.6. The summed E-state index contributed by atoms with van der Waals surface area (Å²) in [5, 5.41) is 10.6. The van der Waals surface area contributed by atoms with Gasteiger partial charge in [0.25, 0.3) is 0 Å². The molecule has 0 aliphatic rings. The van der Waals surface area contributed by atoms with Gasteiger partial charge in [-0.05, 0) is 43.4 Å². The minimum Gasteiger partial charge on any atom is -0.462 e. The summed E-state index contributed by atoms with van der Waals surface area (Å²) in [7, 11) is -9.92. The standard InChI is InChI=1S/C79H154O17P2/c1-8-10-11-12-13-14-15-16-17-18-23-29-34-39-48-55-62-79(84)96-75(67-90-77(82)61-54-47-42-41-45-52-59-72(7)9-2)69-94-98(87,88)92-65-73(80)64-91-97(85,86)93-68-74(95-78(83)63-56-49-40-35-30-25-20-22-27-32-37-44-51-58-71(5)6)66-89-76(81)60-53-46-38-33-28-24-19-21-26-31-36-43-50-57-70(3)4/h70-75,80H,8-69H2,1-7H3,(H,85,86)(H,87,88)/t72?,73-,74-,75-/m1/s1. The van der Waals surface area contributed by atoms with Crippen molar-refractivity contribution in [3.63, 3.8) is 0 Å². The van der Waals surface area contributed by atoms with Crippen molar-refractivity contribution in [1.82, 2.24) is 0 Å². The van der Waals surface area contributed by atoms with Crippen LogP contribution in [0.5, 0.6) is 0 Å². The van der Waals surface area contributed by atoms with Crippen molar-refractivity contribution in [3.05, 3.63) is 0 Å². The van der Waals surface area contributed by atoms with E-state index < -0.39 is 97.5 Å². The minimum absolute atomic E-state index is 0.107. The Kier molecular flexibility index (Phi) is 68.1. The molecule has 6 atom stereocenters. The Hall–Kier alpha value is -1.94. The molecule has 0 amide bonds. The zero-order valence-electron chi connectivity index (χ0n) is 64.3. The molecule has 3 unspecified atom stereocenters. The lowest BCUT2D eigenvalue weighted by Crippen LogP contribution is -2.30. The van der Waals surface area contributed by atoms with Crippen LogP contribution in [0.4, 0.5) is 0 Å². The van der Waals surface area contributed by atoms with Crippen LogP contribution in [0.25, 0.3) is 0 Å². The molecule has 0 heterocycles. The average Bonchev–Trinajstić information content (AvgIpc) is 1.04. The van der Waals surface area contributed by atoms with Crippen molar-refractivity contribution >= 4 is 39.5 Å². The van der Waals surface area contributed by atoms with E-state index in [-0.39, 0.29) is 25.7 Å². The highest BCUT2D eigenvalue weighted by molar-refractivity contribution is 7.47. The molecule has 0 aromatic heterocycles. The highest BCUT2D eigenvalue weighted by Crippen LogP contribution is 2.45. The highest BCUT2D eigenvalue weighted by Gasteiger charge is 2.30. The third kappa shape index (κ3) is 71.1. The van der Waals surface area contributed by atoms with Gasteiger partial charge in [-0.15, -0.1) is 0 Å². The van der Waals surface area contributed by atoms with E-state index in [0.29, 0.717) is 25.7 Å². The van der Waals surface area contributed by atoms with Crippen molar-refractivity contribution in [2.75, 3.05) is 39.6 Å². The second-order valence-electron chi connectivity index (χ2n) is 29.6. The highest BCUT2D eigenvalue weighted by atomic mass is 31.2. The molecular formula is C79H154O17P2. The predicted molar refractivity (Wildman–Crippen MR) is 400 cm³/mol. The Balaban J connectivity index is 5.25. The average molecular weight is 1440 g/mol. The van der Waals surface area contributed by atoms with Crippen LogP contribution in [0.2, 0.25) is 0 Å². The molecule has 0 spiro atoms. The van der Waals surface area contributed by atoms with E-state index in [1.807, 2.05) is 0 Å². The molecule has 98 heavy (non-hydrogen) atoms. The minimum atomic E-state index is -4.96. The van der Waals surface area contributed by atoms with Gasteiger partial charge in [-0.1, -0.05) is 357 Å². The summed E-state index contributed by atoms with van der Waals surface area (Å²) in [5.41, 5.74) is 0. The van der Waals surface area contributed by atoms with Gasteiger partial charge in [-0.3, -0.25) is 37.3 Å². The molecule has 0 aromatic carbocycles. The van der Waals surface area contributed by atoms with Crippen LogP contribution in [0.15, 0.2) is 0 Å². The molecule has 3 N–H and O–H groups in total. The van der Waals surface area contributed by atoms with E-state index in [9.17, 15) is 43.2 Å². The van der Waals surface area contributed by atoms with E-state index in [2.05, 4.69) is 48.5 Å². The van der Waals surface area contributed by atoms with Gasteiger partial charge in [-0.25, -0.2) is 9.13 Å². The lowest BCUT2D eigenvalue weighted by molar-refractivity contribution is -0.161. The Morgan fingerprint density at radius 3 is 0.776 bits per heavy atom. The predicted octanol–water partition coefficient (Wildman–Crippen LogP) is 23.4. The third-order valence-corrected chi connectivity index (χ3v) is 20.6. The SMILES string of the molecule is CCCCCCCCCCCCCCCCCCC(=O)O[C@H](COC(=O)CCCCCCCCC(C)CC)COP(=O)(O)OC[C@H](O)COP(=O)(O)OC[C@@H](COC(=O)CCCCCCCCCCCCCCCC(C)C)OC(=O)CCCCCCCCCCCCCCCC(C)C. The molecule has 0 saturated heterocycles. The van der Waals surface area contributed by atoms with E-state index in [1.165, 1.54) is 212 Å². The quantitative estimate of drug-likeness (QED) is 0.0222. The fourth-order valence-electron chi connectivity index (χ4n) is 12.1. The number of carbonyl (C=O) groups is 4. The molecule has 0 aliphatic heterocycles. The molecule has 19 heteroatoms. The van der Waals surface area contributed by atoms with Gasteiger partial charge in [0.2, 0.25) is 0 Å². The van der Waals surface area contributed by atoms with Gasteiger partial charge < -0.3 is 33.8 Å². The number of rotatable bonds is 77. The van der Waals surface area contributed by atoms with E-state index >= 15 is 0 Å². The first-order valence-corrected chi connectivity index (χ1v) is 43.9. The zero-order valence-corrected chi connectivity index (χ0v) is 66.0. The lowest BCUT2D eigenvalue weighted by Gasteiger charge is -2.21. The maximum absolute atomic E-state index is 13.1. The molecule has 0 radical (unpaired) electrons. The smallest absolute Gasteiger partial charge is 0.462 e. The van der Waals surface area contributed by atoms with Crippen LogP contribution in [-0.4, -0.2) is 96.7 Å². The summed E-state index contributed by atoms with van der Waals surface area (Å²) >= 11 is 0. The fourth-order valence-corrected chi connectivity index (χ4v) is 13.7. The first kappa shape index (κ1) is 96.1. The second kappa shape index (κ2) is 69.4. The number of esters is 4. The van der Waals surface area contributed by atoms with E-state index in [0.717, 1.165) is 114 Å². The number of hydrogen-bond acceptors (Lipinski definition) is 15. The topological polar surface area (TPSA) is 237 Å². The largest absolute Gasteiger partial charge is 0.472 e. The first-order valence-electron chi connectivity index (χ1n) is 40.9. The Bertz CT molecular complexity index is 1910. The van der Waals surface area contributed by atoms with Gasteiger partial charge in [-0.2, -0.15) is 0 Å².